The third-order valence-electron chi connectivity index (χ3n) is 4.90. The average molecular weight is 370 g/mol. The molecule has 8 nitrogen and oxygen atoms in total. The number of rotatable bonds is 4. The van der Waals surface area contributed by atoms with E-state index in [1.54, 1.807) is 18.5 Å². The van der Waals surface area contributed by atoms with Gasteiger partial charge in [-0.3, -0.25) is 15.0 Å². The smallest absolute Gasteiger partial charge is 0.295 e. The number of nitrogens with two attached hydrogens (primary N) is 1. The molecular formula is C19H26N6O2. The van der Waals surface area contributed by atoms with Gasteiger partial charge in [-0.2, -0.15) is 0 Å². The molecule has 1 aromatic heterocycles. The van der Waals surface area contributed by atoms with E-state index in [1.165, 1.54) is 5.01 Å². The number of nitrogens with one attached hydrogen (secondary N) is 1. The van der Waals surface area contributed by atoms with Gasteiger partial charge in [0.15, 0.2) is 5.69 Å². The summed E-state index contributed by atoms with van der Waals surface area (Å²) in [6, 6.07) is 8.74. The van der Waals surface area contributed by atoms with Crippen molar-refractivity contribution < 1.29 is 9.59 Å². The van der Waals surface area contributed by atoms with Gasteiger partial charge in [-0.15, -0.1) is 5.10 Å². The monoisotopic (exact) mass is 370 g/mol. The third kappa shape index (κ3) is 4.16. The van der Waals surface area contributed by atoms with E-state index >= 15 is 0 Å². The SMILES string of the molecule is Cc1c(C(=O)N(NC(=O)C(C)N)C2CCCCC2)nnn1-c1ccccc1. The summed E-state index contributed by atoms with van der Waals surface area (Å²) in [7, 11) is 0. The van der Waals surface area contributed by atoms with Crippen molar-refractivity contribution in [1.82, 2.24) is 25.4 Å². The van der Waals surface area contributed by atoms with Crippen LogP contribution in [-0.2, 0) is 4.79 Å². The van der Waals surface area contributed by atoms with E-state index < -0.39 is 6.04 Å². The minimum Gasteiger partial charge on any atom is -0.320 e. The molecule has 8 heteroatoms. The fraction of sp³-hybridized carbons (Fsp3) is 0.474. The number of hydrogen-bond donors (Lipinski definition) is 2. The van der Waals surface area contributed by atoms with E-state index in [9.17, 15) is 9.59 Å². The Hall–Kier alpha value is -2.74. The highest BCUT2D eigenvalue weighted by atomic mass is 16.2. The maximum atomic E-state index is 13.2. The molecule has 1 unspecified atom stereocenters. The second-order valence-electron chi connectivity index (χ2n) is 7.00. The first-order valence-electron chi connectivity index (χ1n) is 9.36. The fourth-order valence-corrected chi connectivity index (χ4v) is 3.32. The Morgan fingerprint density at radius 1 is 1.22 bits per heavy atom. The number of amides is 2. The quantitative estimate of drug-likeness (QED) is 0.797. The van der Waals surface area contributed by atoms with Crippen LogP contribution in [0.5, 0.6) is 0 Å². The van der Waals surface area contributed by atoms with Crippen molar-refractivity contribution in [2.45, 2.75) is 58.0 Å². The largest absolute Gasteiger partial charge is 0.320 e. The molecule has 1 aromatic carbocycles. The van der Waals surface area contributed by atoms with E-state index in [-0.39, 0.29) is 23.6 Å². The lowest BCUT2D eigenvalue weighted by molar-refractivity contribution is -0.127. The third-order valence-corrected chi connectivity index (χ3v) is 4.90. The molecule has 0 spiro atoms. The standard InChI is InChI=1S/C19H26N6O2/c1-13(20)18(26)22-25(16-11-7-4-8-12-16)19(27)17-14(2)24(23-21-17)15-9-5-3-6-10-15/h3,5-6,9-10,13,16H,4,7-8,11-12,20H2,1-2H3,(H,22,26). The van der Waals surface area contributed by atoms with E-state index in [2.05, 4.69) is 15.7 Å². The highest BCUT2D eigenvalue weighted by molar-refractivity contribution is 5.95. The van der Waals surface area contributed by atoms with Gasteiger partial charge in [0.05, 0.1) is 23.5 Å². The number of para-hydroxylation sites is 1. The van der Waals surface area contributed by atoms with Gasteiger partial charge in [-0.1, -0.05) is 42.7 Å². The maximum absolute atomic E-state index is 13.2. The van der Waals surface area contributed by atoms with Crippen LogP contribution in [0.4, 0.5) is 0 Å². The summed E-state index contributed by atoms with van der Waals surface area (Å²) in [4.78, 5) is 25.4. The fourth-order valence-electron chi connectivity index (χ4n) is 3.32. The molecule has 144 valence electrons. The first-order valence-corrected chi connectivity index (χ1v) is 9.36. The van der Waals surface area contributed by atoms with Crippen LogP contribution in [-0.4, -0.2) is 43.9 Å². The van der Waals surface area contributed by atoms with Crippen molar-refractivity contribution in [3.8, 4) is 5.69 Å². The summed E-state index contributed by atoms with van der Waals surface area (Å²) >= 11 is 0. The molecule has 0 aliphatic heterocycles. The Labute approximate surface area is 158 Å². The molecule has 1 atom stereocenters. The van der Waals surface area contributed by atoms with Crippen LogP contribution in [0.2, 0.25) is 0 Å². The van der Waals surface area contributed by atoms with Gasteiger partial charge >= 0.3 is 0 Å². The first kappa shape index (κ1) is 19.0. The number of hydrogen-bond acceptors (Lipinski definition) is 5. The number of carbonyl (C=O) groups is 2. The van der Waals surface area contributed by atoms with E-state index in [1.807, 2.05) is 30.3 Å². The molecular weight excluding hydrogens is 344 g/mol. The van der Waals surface area contributed by atoms with Gasteiger partial charge in [0.2, 0.25) is 0 Å². The van der Waals surface area contributed by atoms with Crippen molar-refractivity contribution in [3.63, 3.8) is 0 Å². The lowest BCUT2D eigenvalue weighted by atomic mass is 9.95. The minimum atomic E-state index is -0.704. The first-order chi connectivity index (χ1) is 13.0. The van der Waals surface area contributed by atoms with Crippen LogP contribution in [0.3, 0.4) is 0 Å². The maximum Gasteiger partial charge on any atom is 0.295 e. The van der Waals surface area contributed by atoms with E-state index in [4.69, 9.17) is 5.73 Å². The number of hydrazine groups is 1. The minimum absolute atomic E-state index is 0.0600. The Morgan fingerprint density at radius 3 is 2.52 bits per heavy atom. The molecule has 1 aliphatic rings. The highest BCUT2D eigenvalue weighted by Gasteiger charge is 2.31. The zero-order valence-electron chi connectivity index (χ0n) is 15.8. The van der Waals surface area contributed by atoms with Gasteiger partial charge in [0.25, 0.3) is 11.8 Å². The molecule has 1 saturated carbocycles. The Bertz CT molecular complexity index is 796. The lowest BCUT2D eigenvalue weighted by Crippen LogP contribution is -2.56. The van der Waals surface area contributed by atoms with Crippen LogP contribution >= 0.6 is 0 Å². The molecule has 0 bridgehead atoms. The van der Waals surface area contributed by atoms with Crippen molar-refractivity contribution in [3.05, 3.63) is 41.7 Å². The van der Waals surface area contributed by atoms with Crippen LogP contribution in [0.15, 0.2) is 30.3 Å². The summed E-state index contributed by atoms with van der Waals surface area (Å²) in [6.45, 7) is 3.39. The van der Waals surface area contributed by atoms with Crippen molar-refractivity contribution in [2.75, 3.05) is 0 Å². The number of carbonyl (C=O) groups excluding carboxylic acids is 2. The summed E-state index contributed by atoms with van der Waals surface area (Å²) < 4.78 is 1.62. The van der Waals surface area contributed by atoms with Crippen molar-refractivity contribution >= 4 is 11.8 Å². The molecule has 0 saturated heterocycles. The number of nitrogens with zero attached hydrogens (tertiary/aromatic N) is 4. The summed E-state index contributed by atoms with van der Waals surface area (Å²) in [5.41, 5.74) is 10.1. The van der Waals surface area contributed by atoms with Crippen LogP contribution in [0.1, 0.15) is 55.2 Å². The highest BCUT2D eigenvalue weighted by Crippen LogP contribution is 2.23. The van der Waals surface area contributed by atoms with E-state index in [0.717, 1.165) is 37.8 Å². The molecule has 1 heterocycles. The molecule has 1 aliphatic carbocycles. The number of benzene rings is 1. The predicted molar refractivity (Wildman–Crippen MR) is 101 cm³/mol. The molecule has 0 radical (unpaired) electrons. The second kappa shape index (κ2) is 8.30. The Balaban J connectivity index is 1.89. The van der Waals surface area contributed by atoms with Gasteiger partial charge in [0, 0.05) is 0 Å². The van der Waals surface area contributed by atoms with Gasteiger partial charge in [0.1, 0.15) is 0 Å². The summed E-state index contributed by atoms with van der Waals surface area (Å²) in [6.07, 6.45) is 4.88. The summed E-state index contributed by atoms with van der Waals surface area (Å²) in [5.74, 6) is -0.738. The molecule has 27 heavy (non-hydrogen) atoms. The van der Waals surface area contributed by atoms with Crippen molar-refractivity contribution in [1.29, 1.82) is 0 Å². The molecule has 1 fully saturated rings. The van der Waals surface area contributed by atoms with Crippen molar-refractivity contribution in [2.24, 2.45) is 5.73 Å². The molecule has 3 N–H and O–H groups in total. The molecule has 2 aromatic rings. The van der Waals surface area contributed by atoms with E-state index in [0.29, 0.717) is 5.69 Å². The summed E-state index contributed by atoms with van der Waals surface area (Å²) in [5, 5.41) is 9.64. The predicted octanol–water partition coefficient (Wildman–Crippen LogP) is 1.73. The van der Waals surface area contributed by atoms with Gasteiger partial charge < -0.3 is 5.73 Å². The van der Waals surface area contributed by atoms with Crippen LogP contribution in [0.25, 0.3) is 5.69 Å². The molecule has 2 amide bonds. The normalized spacial score (nSPS) is 16.0. The van der Waals surface area contributed by atoms with Gasteiger partial charge in [-0.05, 0) is 38.8 Å². The number of aromatic nitrogens is 3. The van der Waals surface area contributed by atoms with Crippen LogP contribution in [0, 0.1) is 6.92 Å². The lowest BCUT2D eigenvalue weighted by Gasteiger charge is -2.34. The average Bonchev–Trinajstić information content (AvgIpc) is 3.08. The Kier molecular flexibility index (Phi) is 5.85. The van der Waals surface area contributed by atoms with Gasteiger partial charge in [-0.25, -0.2) is 9.69 Å². The second-order valence-corrected chi connectivity index (χ2v) is 7.00. The molecule has 3 rings (SSSR count). The zero-order valence-corrected chi connectivity index (χ0v) is 15.8. The Morgan fingerprint density at radius 2 is 1.89 bits per heavy atom. The van der Waals surface area contributed by atoms with Crippen LogP contribution < -0.4 is 11.2 Å². The zero-order chi connectivity index (χ0) is 19.4. The topological polar surface area (TPSA) is 106 Å².